The number of sulfonamides is 1. The number of amides is 1. The van der Waals surface area contributed by atoms with Gasteiger partial charge in [0.1, 0.15) is 4.21 Å². The van der Waals surface area contributed by atoms with Crippen LogP contribution >= 0.6 is 22.9 Å². The summed E-state index contributed by atoms with van der Waals surface area (Å²) in [6.45, 7) is 1.67. The highest BCUT2D eigenvalue weighted by molar-refractivity contribution is 7.91. The minimum Gasteiger partial charge on any atom is -0.340 e. The number of thiophene rings is 1. The number of nitrogens with zero attached hydrogens (tertiary/aromatic N) is 2. The van der Waals surface area contributed by atoms with E-state index < -0.39 is 10.0 Å². The van der Waals surface area contributed by atoms with Crippen molar-refractivity contribution in [2.75, 3.05) is 26.2 Å². The SMILES string of the molecule is O=C(C1CC1)N1CCN(S(=O)(=O)c2ccc(Cl)s2)CC1. The van der Waals surface area contributed by atoms with Crippen LogP contribution in [0, 0.1) is 5.92 Å². The van der Waals surface area contributed by atoms with Gasteiger partial charge in [-0.15, -0.1) is 11.3 Å². The van der Waals surface area contributed by atoms with E-state index in [1.165, 1.54) is 10.4 Å². The molecule has 1 amide bonds. The molecule has 8 heteroatoms. The molecular weight excluding hydrogens is 320 g/mol. The zero-order chi connectivity index (χ0) is 14.3. The smallest absolute Gasteiger partial charge is 0.252 e. The fraction of sp³-hybridized carbons (Fsp3) is 0.583. The highest BCUT2D eigenvalue weighted by atomic mass is 35.5. The molecule has 0 spiro atoms. The molecule has 0 radical (unpaired) electrons. The Balaban J connectivity index is 1.66. The van der Waals surface area contributed by atoms with E-state index in [1.807, 2.05) is 0 Å². The Bertz CT molecular complexity index is 616. The average Bonchev–Trinajstić information content (AvgIpc) is 3.19. The van der Waals surface area contributed by atoms with Gasteiger partial charge in [0.25, 0.3) is 10.0 Å². The van der Waals surface area contributed by atoms with Gasteiger partial charge in [0.2, 0.25) is 5.91 Å². The molecule has 0 aromatic carbocycles. The van der Waals surface area contributed by atoms with E-state index in [2.05, 4.69) is 0 Å². The highest BCUT2D eigenvalue weighted by Gasteiger charge is 2.36. The summed E-state index contributed by atoms with van der Waals surface area (Å²) >= 11 is 6.86. The Hall–Kier alpha value is -0.630. The van der Waals surface area contributed by atoms with E-state index in [1.54, 1.807) is 11.0 Å². The molecule has 110 valence electrons. The van der Waals surface area contributed by atoms with Crippen LogP contribution in [0.4, 0.5) is 0 Å². The Morgan fingerprint density at radius 1 is 1.20 bits per heavy atom. The van der Waals surface area contributed by atoms with Crippen molar-refractivity contribution in [2.45, 2.75) is 17.1 Å². The van der Waals surface area contributed by atoms with Crippen LogP contribution in [-0.2, 0) is 14.8 Å². The first-order valence-corrected chi connectivity index (χ1v) is 9.16. The van der Waals surface area contributed by atoms with E-state index >= 15 is 0 Å². The molecule has 0 bridgehead atoms. The topological polar surface area (TPSA) is 57.7 Å². The number of carbonyl (C=O) groups is 1. The second-order valence-electron chi connectivity index (χ2n) is 5.06. The van der Waals surface area contributed by atoms with E-state index in [9.17, 15) is 13.2 Å². The summed E-state index contributed by atoms with van der Waals surface area (Å²) in [5.41, 5.74) is 0. The number of carbonyl (C=O) groups excluding carboxylic acids is 1. The minimum atomic E-state index is -3.47. The molecular formula is C12H15ClN2O3S2. The first-order chi connectivity index (χ1) is 9.48. The van der Waals surface area contributed by atoms with Gasteiger partial charge in [0.15, 0.2) is 0 Å². The fourth-order valence-electron chi connectivity index (χ4n) is 2.30. The Labute approximate surface area is 127 Å². The molecule has 20 heavy (non-hydrogen) atoms. The van der Waals surface area contributed by atoms with Crippen molar-refractivity contribution in [3.8, 4) is 0 Å². The van der Waals surface area contributed by atoms with Gasteiger partial charge in [-0.05, 0) is 25.0 Å². The van der Waals surface area contributed by atoms with E-state index in [4.69, 9.17) is 11.6 Å². The van der Waals surface area contributed by atoms with Crippen LogP contribution in [0.3, 0.4) is 0 Å². The Morgan fingerprint density at radius 3 is 2.35 bits per heavy atom. The third-order valence-electron chi connectivity index (χ3n) is 3.62. The summed E-state index contributed by atoms with van der Waals surface area (Å²) in [4.78, 5) is 13.7. The molecule has 0 N–H and O–H groups in total. The average molecular weight is 335 g/mol. The summed E-state index contributed by atoms with van der Waals surface area (Å²) in [5.74, 6) is 0.371. The molecule has 2 heterocycles. The van der Waals surface area contributed by atoms with Crippen molar-refractivity contribution in [1.29, 1.82) is 0 Å². The normalized spacial score (nSPS) is 21.1. The predicted octanol–water partition coefficient (Wildman–Crippen LogP) is 1.64. The van der Waals surface area contributed by atoms with Crippen molar-refractivity contribution < 1.29 is 13.2 Å². The molecule has 1 aromatic rings. The molecule has 1 aliphatic carbocycles. The van der Waals surface area contributed by atoms with Gasteiger partial charge in [0, 0.05) is 32.1 Å². The van der Waals surface area contributed by atoms with Gasteiger partial charge in [-0.25, -0.2) is 8.42 Å². The van der Waals surface area contributed by atoms with Crippen LogP contribution in [-0.4, -0.2) is 49.7 Å². The molecule has 1 aromatic heterocycles. The van der Waals surface area contributed by atoms with Crippen molar-refractivity contribution in [1.82, 2.24) is 9.21 Å². The number of piperazine rings is 1. The second-order valence-corrected chi connectivity index (χ2v) is 8.94. The van der Waals surface area contributed by atoms with Crippen molar-refractivity contribution in [3.63, 3.8) is 0 Å². The summed E-state index contributed by atoms with van der Waals surface area (Å²) in [7, 11) is -3.47. The standard InChI is InChI=1S/C12H15ClN2O3S2/c13-10-3-4-11(19-10)20(17,18)15-7-5-14(6-8-15)12(16)9-1-2-9/h3-4,9H,1-2,5-8H2. The fourth-order valence-corrected chi connectivity index (χ4v) is 5.36. The third kappa shape index (κ3) is 2.72. The van der Waals surface area contributed by atoms with Gasteiger partial charge >= 0.3 is 0 Å². The lowest BCUT2D eigenvalue weighted by atomic mass is 10.3. The number of rotatable bonds is 3. The molecule has 1 aliphatic heterocycles. The first kappa shape index (κ1) is 14.3. The summed E-state index contributed by atoms with van der Waals surface area (Å²) in [6, 6.07) is 3.12. The van der Waals surface area contributed by atoms with Crippen LogP contribution in [0.1, 0.15) is 12.8 Å². The van der Waals surface area contributed by atoms with Crippen molar-refractivity contribution in [3.05, 3.63) is 16.5 Å². The zero-order valence-corrected chi connectivity index (χ0v) is 13.2. The molecule has 2 aliphatic rings. The molecule has 1 saturated carbocycles. The van der Waals surface area contributed by atoms with Crippen LogP contribution in [0.2, 0.25) is 4.34 Å². The van der Waals surface area contributed by atoms with Crippen LogP contribution in [0.5, 0.6) is 0 Å². The Morgan fingerprint density at radius 2 is 1.85 bits per heavy atom. The second kappa shape index (κ2) is 5.29. The highest BCUT2D eigenvalue weighted by Crippen LogP contribution is 2.32. The maximum Gasteiger partial charge on any atom is 0.252 e. The quantitative estimate of drug-likeness (QED) is 0.844. The molecule has 0 atom stereocenters. The number of hydrogen-bond donors (Lipinski definition) is 0. The lowest BCUT2D eigenvalue weighted by Gasteiger charge is -2.33. The van der Waals surface area contributed by atoms with E-state index in [0.29, 0.717) is 30.5 Å². The van der Waals surface area contributed by atoms with Gasteiger partial charge in [-0.1, -0.05) is 11.6 Å². The van der Waals surface area contributed by atoms with Gasteiger partial charge in [-0.2, -0.15) is 4.31 Å². The lowest BCUT2D eigenvalue weighted by Crippen LogP contribution is -2.50. The monoisotopic (exact) mass is 334 g/mol. The van der Waals surface area contributed by atoms with Crippen LogP contribution < -0.4 is 0 Å². The number of halogens is 1. The largest absolute Gasteiger partial charge is 0.340 e. The molecule has 1 saturated heterocycles. The number of hydrogen-bond acceptors (Lipinski definition) is 4. The van der Waals surface area contributed by atoms with Crippen molar-refractivity contribution >= 4 is 38.9 Å². The minimum absolute atomic E-state index is 0.182. The van der Waals surface area contributed by atoms with Crippen LogP contribution in [0.25, 0.3) is 0 Å². The van der Waals surface area contributed by atoms with E-state index in [-0.39, 0.29) is 16.0 Å². The zero-order valence-electron chi connectivity index (χ0n) is 10.8. The maximum absolute atomic E-state index is 12.4. The molecule has 2 fully saturated rings. The molecule has 3 rings (SSSR count). The van der Waals surface area contributed by atoms with Gasteiger partial charge in [-0.3, -0.25) is 4.79 Å². The Kier molecular flexibility index (Phi) is 3.79. The molecule has 0 unspecified atom stereocenters. The van der Waals surface area contributed by atoms with Crippen LogP contribution in [0.15, 0.2) is 16.3 Å². The van der Waals surface area contributed by atoms with Crippen molar-refractivity contribution in [2.24, 2.45) is 5.92 Å². The van der Waals surface area contributed by atoms with E-state index in [0.717, 1.165) is 24.2 Å². The maximum atomic E-state index is 12.4. The first-order valence-electron chi connectivity index (χ1n) is 6.53. The molecule has 5 nitrogen and oxygen atoms in total. The predicted molar refractivity (Wildman–Crippen MR) is 77.4 cm³/mol. The third-order valence-corrected chi connectivity index (χ3v) is 7.22. The van der Waals surface area contributed by atoms with Gasteiger partial charge in [0.05, 0.1) is 4.34 Å². The van der Waals surface area contributed by atoms with Gasteiger partial charge < -0.3 is 4.90 Å². The lowest BCUT2D eigenvalue weighted by molar-refractivity contribution is -0.133. The summed E-state index contributed by atoms with van der Waals surface area (Å²) in [6.07, 6.45) is 1.95. The summed E-state index contributed by atoms with van der Waals surface area (Å²) in [5, 5.41) is 0. The summed E-state index contributed by atoms with van der Waals surface area (Å²) < 4.78 is 27.0.